The molecular weight excluding hydrogens is 406 g/mol. The molecule has 2 unspecified atom stereocenters. The summed E-state index contributed by atoms with van der Waals surface area (Å²) in [5.74, 6) is 0.658. The Balaban J connectivity index is 1.43. The van der Waals surface area contributed by atoms with Crippen molar-refractivity contribution < 1.29 is 24.1 Å². The molecule has 2 fully saturated rings. The van der Waals surface area contributed by atoms with Crippen molar-refractivity contribution in [2.75, 3.05) is 20.3 Å². The second-order valence-electron chi connectivity index (χ2n) is 8.60. The van der Waals surface area contributed by atoms with Gasteiger partial charge in [-0.05, 0) is 22.4 Å². The molecule has 0 aromatic heterocycles. The highest BCUT2D eigenvalue weighted by molar-refractivity contribution is 5.88. The van der Waals surface area contributed by atoms with E-state index in [2.05, 4.69) is 0 Å². The molecule has 3 aromatic carbocycles. The number of carbonyl (C=O) groups excluding carboxylic acids is 1. The number of piperidine rings is 1. The first-order chi connectivity index (χ1) is 15.6. The number of ether oxygens (including phenoxy) is 3. The highest BCUT2D eigenvalue weighted by Crippen LogP contribution is 2.47. The van der Waals surface area contributed by atoms with Crippen molar-refractivity contribution in [3.63, 3.8) is 0 Å². The van der Waals surface area contributed by atoms with Crippen molar-refractivity contribution in [1.82, 2.24) is 4.90 Å². The van der Waals surface area contributed by atoms with Gasteiger partial charge in [0.25, 0.3) is 0 Å². The fourth-order valence-electron chi connectivity index (χ4n) is 5.17. The molecule has 2 heterocycles. The fourth-order valence-corrected chi connectivity index (χ4v) is 5.17. The molecular formula is C26H27NO5. The second kappa shape index (κ2) is 8.45. The van der Waals surface area contributed by atoms with E-state index in [0.717, 1.165) is 21.9 Å². The van der Waals surface area contributed by atoms with Crippen molar-refractivity contribution >= 4 is 16.9 Å². The van der Waals surface area contributed by atoms with Gasteiger partial charge in [0, 0.05) is 18.4 Å². The summed E-state index contributed by atoms with van der Waals surface area (Å²) in [6, 6.07) is 21.0. The largest absolute Gasteiger partial charge is 0.496 e. The van der Waals surface area contributed by atoms with Crippen molar-refractivity contribution in [2.24, 2.45) is 0 Å². The van der Waals surface area contributed by atoms with Crippen LogP contribution in [0.25, 0.3) is 10.8 Å². The predicted octanol–water partition coefficient (Wildman–Crippen LogP) is 4.24. The Labute approximate surface area is 187 Å². The molecule has 0 spiro atoms. The van der Waals surface area contributed by atoms with Gasteiger partial charge in [0.1, 0.15) is 12.4 Å². The first-order valence-electron chi connectivity index (χ1n) is 10.9. The zero-order valence-electron chi connectivity index (χ0n) is 18.1. The lowest BCUT2D eigenvalue weighted by Crippen LogP contribution is -2.62. The summed E-state index contributed by atoms with van der Waals surface area (Å²) >= 11 is 0. The average Bonchev–Trinajstić information content (AvgIpc) is 2.82. The lowest BCUT2D eigenvalue weighted by atomic mass is 9.75. The van der Waals surface area contributed by atoms with E-state index in [1.165, 1.54) is 0 Å². The summed E-state index contributed by atoms with van der Waals surface area (Å²) in [5, 5.41) is 14.0. The molecule has 6 heteroatoms. The monoisotopic (exact) mass is 433 g/mol. The summed E-state index contributed by atoms with van der Waals surface area (Å²) in [7, 11) is 1.62. The first-order valence-corrected chi connectivity index (χ1v) is 10.9. The Morgan fingerprint density at radius 3 is 2.44 bits per heavy atom. The van der Waals surface area contributed by atoms with Crippen molar-refractivity contribution in [3.05, 3.63) is 77.9 Å². The Kier molecular flexibility index (Phi) is 5.49. The van der Waals surface area contributed by atoms with E-state index in [9.17, 15) is 9.90 Å². The van der Waals surface area contributed by atoms with Gasteiger partial charge in [0.2, 0.25) is 0 Å². The highest BCUT2D eigenvalue weighted by atomic mass is 16.6. The number of carbonyl (C=O) groups is 1. The number of fused-ring (bicyclic) bond motifs is 3. The van der Waals surface area contributed by atoms with Gasteiger partial charge < -0.3 is 19.3 Å². The van der Waals surface area contributed by atoms with Crippen molar-refractivity contribution in [2.45, 2.75) is 37.1 Å². The molecule has 2 aliphatic rings. The third-order valence-corrected chi connectivity index (χ3v) is 6.55. The van der Waals surface area contributed by atoms with E-state index in [4.69, 9.17) is 14.2 Å². The number of aliphatic hydroxyl groups is 1. The normalized spacial score (nSPS) is 24.9. The van der Waals surface area contributed by atoms with Gasteiger partial charge in [-0.25, -0.2) is 4.79 Å². The van der Waals surface area contributed by atoms with Crippen LogP contribution in [0.15, 0.2) is 66.7 Å². The number of rotatable bonds is 4. The maximum absolute atomic E-state index is 13.0. The first kappa shape index (κ1) is 20.8. The van der Waals surface area contributed by atoms with Crippen LogP contribution in [0.5, 0.6) is 5.75 Å². The number of morpholine rings is 1. The van der Waals surface area contributed by atoms with Crippen LogP contribution < -0.4 is 4.74 Å². The quantitative estimate of drug-likeness (QED) is 0.667. The average molecular weight is 434 g/mol. The number of methoxy groups -OCH3 is 1. The van der Waals surface area contributed by atoms with Gasteiger partial charge in [-0.2, -0.15) is 0 Å². The molecule has 3 aromatic rings. The Hall–Kier alpha value is -3.09. The summed E-state index contributed by atoms with van der Waals surface area (Å²) in [6.07, 6.45) is 0.349. The summed E-state index contributed by atoms with van der Waals surface area (Å²) < 4.78 is 17.0. The zero-order valence-corrected chi connectivity index (χ0v) is 18.1. The van der Waals surface area contributed by atoms with Gasteiger partial charge in [0.15, 0.2) is 0 Å². The molecule has 2 saturated heterocycles. The van der Waals surface area contributed by atoms with E-state index in [1.807, 2.05) is 66.7 Å². The Morgan fingerprint density at radius 2 is 1.72 bits per heavy atom. The standard InChI is InChI=1S/C26H27NO5/c1-30-23-12-11-19-9-5-6-10-22(19)24(23)26(29)13-20-16-31-17-21(14-26)27(20)25(28)32-15-18-7-3-2-4-8-18/h2-12,20-21,29H,13-17H2,1H3. The smallest absolute Gasteiger partial charge is 0.410 e. The summed E-state index contributed by atoms with van der Waals surface area (Å²) in [5.41, 5.74) is 0.588. The van der Waals surface area contributed by atoms with E-state index >= 15 is 0 Å². The molecule has 6 nitrogen and oxygen atoms in total. The fraction of sp³-hybridized carbons (Fsp3) is 0.346. The van der Waals surface area contributed by atoms with Gasteiger partial charge in [-0.15, -0.1) is 0 Å². The lowest BCUT2D eigenvalue weighted by molar-refractivity contribution is -0.136. The van der Waals surface area contributed by atoms with Crippen molar-refractivity contribution in [1.29, 1.82) is 0 Å². The van der Waals surface area contributed by atoms with Crippen LogP contribution in [0.1, 0.15) is 24.0 Å². The maximum atomic E-state index is 13.0. The maximum Gasteiger partial charge on any atom is 0.410 e. The van der Waals surface area contributed by atoms with Gasteiger partial charge in [-0.1, -0.05) is 60.7 Å². The van der Waals surface area contributed by atoms with Crippen LogP contribution in [-0.4, -0.2) is 48.5 Å². The predicted molar refractivity (Wildman–Crippen MR) is 120 cm³/mol. The SMILES string of the molecule is COc1ccc2ccccc2c1C1(O)CC2COCC(C1)N2C(=O)OCc1ccccc1. The van der Waals surface area contributed by atoms with Crippen LogP contribution in [0, 0.1) is 0 Å². The number of benzene rings is 3. The van der Waals surface area contributed by atoms with Crippen LogP contribution >= 0.6 is 0 Å². The third-order valence-electron chi connectivity index (χ3n) is 6.55. The van der Waals surface area contributed by atoms with Gasteiger partial charge >= 0.3 is 6.09 Å². The van der Waals surface area contributed by atoms with E-state index in [1.54, 1.807) is 12.0 Å². The topological polar surface area (TPSA) is 68.2 Å². The second-order valence-corrected chi connectivity index (χ2v) is 8.60. The molecule has 166 valence electrons. The molecule has 0 radical (unpaired) electrons. The number of hydrogen-bond acceptors (Lipinski definition) is 5. The Morgan fingerprint density at radius 1 is 1.03 bits per heavy atom. The summed E-state index contributed by atoms with van der Waals surface area (Å²) in [4.78, 5) is 14.8. The molecule has 1 amide bonds. The molecule has 32 heavy (non-hydrogen) atoms. The summed E-state index contributed by atoms with van der Waals surface area (Å²) in [6.45, 7) is 0.955. The molecule has 0 saturated carbocycles. The van der Waals surface area contributed by atoms with Gasteiger partial charge in [0.05, 0.1) is 38.0 Å². The molecule has 1 N–H and O–H groups in total. The van der Waals surface area contributed by atoms with E-state index < -0.39 is 5.60 Å². The van der Waals surface area contributed by atoms with E-state index in [-0.39, 0.29) is 24.8 Å². The number of hydrogen-bond donors (Lipinski definition) is 1. The number of amides is 1. The van der Waals surface area contributed by atoms with Gasteiger partial charge in [-0.3, -0.25) is 4.90 Å². The van der Waals surface area contributed by atoms with Crippen LogP contribution in [0.3, 0.4) is 0 Å². The van der Waals surface area contributed by atoms with Crippen molar-refractivity contribution in [3.8, 4) is 5.75 Å². The molecule has 2 atom stereocenters. The minimum Gasteiger partial charge on any atom is -0.496 e. The number of nitrogens with zero attached hydrogens (tertiary/aromatic N) is 1. The third kappa shape index (κ3) is 3.70. The van der Waals surface area contributed by atoms with E-state index in [0.29, 0.717) is 31.8 Å². The minimum absolute atomic E-state index is 0.220. The zero-order chi connectivity index (χ0) is 22.1. The lowest BCUT2D eigenvalue weighted by Gasteiger charge is -2.51. The molecule has 2 aliphatic heterocycles. The van der Waals surface area contributed by atoms with Crippen LogP contribution in [0.2, 0.25) is 0 Å². The highest BCUT2D eigenvalue weighted by Gasteiger charge is 2.50. The van der Waals surface area contributed by atoms with Crippen LogP contribution in [-0.2, 0) is 21.7 Å². The minimum atomic E-state index is -1.14. The Bertz CT molecular complexity index is 1100. The van der Waals surface area contributed by atoms with Crippen LogP contribution in [0.4, 0.5) is 4.79 Å². The molecule has 0 aliphatic carbocycles. The molecule has 2 bridgehead atoms. The molecule has 5 rings (SSSR count).